The highest BCUT2D eigenvalue weighted by Crippen LogP contribution is 2.30. The summed E-state index contributed by atoms with van der Waals surface area (Å²) in [5.41, 5.74) is 9.47. The summed E-state index contributed by atoms with van der Waals surface area (Å²) < 4.78 is 42.4. The third kappa shape index (κ3) is 5.65. The fourth-order valence-electron chi connectivity index (χ4n) is 5.37. The zero-order valence-electron chi connectivity index (χ0n) is 22.4. The predicted octanol–water partition coefficient (Wildman–Crippen LogP) is 3.89. The van der Waals surface area contributed by atoms with Crippen LogP contribution in [0.4, 0.5) is 14.5 Å². The molecule has 0 bridgehead atoms. The monoisotopic (exact) mass is 547 g/mol. The number of benzene rings is 1. The van der Waals surface area contributed by atoms with Crippen molar-refractivity contribution in [3.05, 3.63) is 77.5 Å². The molecule has 0 radical (unpaired) electrons. The van der Waals surface area contributed by atoms with Gasteiger partial charge in [0.05, 0.1) is 54.8 Å². The van der Waals surface area contributed by atoms with Crippen LogP contribution in [0.25, 0.3) is 16.8 Å². The lowest BCUT2D eigenvalue weighted by molar-refractivity contribution is -0.00335. The number of nitrogens with zero attached hydrogens (tertiary/aromatic N) is 6. The highest BCUT2D eigenvalue weighted by molar-refractivity contribution is 5.63. The van der Waals surface area contributed by atoms with Crippen molar-refractivity contribution in [3.8, 4) is 17.3 Å². The number of pyridine rings is 1. The second-order valence-electron chi connectivity index (χ2n) is 10.1. The molecule has 0 spiro atoms. The maximum atomic E-state index is 14.9. The minimum atomic E-state index is -0.708. The van der Waals surface area contributed by atoms with Gasteiger partial charge in [-0.2, -0.15) is 10.4 Å². The van der Waals surface area contributed by atoms with Crippen LogP contribution in [0.5, 0.6) is 0 Å². The van der Waals surface area contributed by atoms with Crippen molar-refractivity contribution in [3.63, 3.8) is 0 Å². The lowest BCUT2D eigenvalue weighted by Crippen LogP contribution is -2.57. The Labute approximate surface area is 231 Å². The van der Waals surface area contributed by atoms with Crippen LogP contribution in [-0.4, -0.2) is 58.5 Å². The van der Waals surface area contributed by atoms with E-state index in [1.165, 1.54) is 19.2 Å². The maximum Gasteiger partial charge on any atom is 0.135 e. The van der Waals surface area contributed by atoms with Crippen molar-refractivity contribution >= 4 is 11.2 Å². The summed E-state index contributed by atoms with van der Waals surface area (Å²) in [6, 6.07) is 9.67. The smallest absolute Gasteiger partial charge is 0.135 e. The Balaban J connectivity index is 1.42. The number of nitrogens with two attached hydrogens (primary N) is 1. The zero-order valence-corrected chi connectivity index (χ0v) is 22.4. The van der Waals surface area contributed by atoms with Crippen molar-refractivity contribution in [1.29, 1.82) is 5.26 Å². The van der Waals surface area contributed by atoms with Gasteiger partial charge in [0.15, 0.2) is 0 Å². The van der Waals surface area contributed by atoms with Gasteiger partial charge in [0.2, 0.25) is 0 Å². The van der Waals surface area contributed by atoms with Crippen LogP contribution in [0.2, 0.25) is 0 Å². The zero-order chi connectivity index (χ0) is 28.2. The van der Waals surface area contributed by atoms with E-state index < -0.39 is 11.6 Å². The molecule has 3 atom stereocenters. The summed E-state index contributed by atoms with van der Waals surface area (Å²) in [6.07, 6.45) is 5.81. The average Bonchev–Trinajstić information content (AvgIpc) is 3.32. The number of ether oxygens (including phenoxy) is 2. The number of hydrogen-bond acceptors (Lipinski definition) is 8. The molecule has 11 heteroatoms. The molecule has 1 saturated heterocycles. The topological polar surface area (TPSA) is 115 Å². The van der Waals surface area contributed by atoms with Crippen LogP contribution < -0.4 is 10.6 Å². The summed E-state index contributed by atoms with van der Waals surface area (Å²) in [5, 5.41) is 13.4. The van der Waals surface area contributed by atoms with E-state index in [4.69, 9.17) is 20.5 Å². The number of anilines is 1. The van der Waals surface area contributed by atoms with Gasteiger partial charge in [0, 0.05) is 62.2 Å². The van der Waals surface area contributed by atoms with Gasteiger partial charge >= 0.3 is 0 Å². The van der Waals surface area contributed by atoms with E-state index >= 15 is 0 Å². The van der Waals surface area contributed by atoms with Crippen LogP contribution in [0.1, 0.15) is 30.3 Å². The molecule has 4 heterocycles. The highest BCUT2D eigenvalue weighted by Gasteiger charge is 2.34. The van der Waals surface area contributed by atoms with E-state index in [1.807, 2.05) is 6.07 Å². The summed E-state index contributed by atoms with van der Waals surface area (Å²) in [5.74, 6) is -0.656. The molecule has 9 nitrogen and oxygen atoms in total. The molecule has 0 saturated carbocycles. The van der Waals surface area contributed by atoms with Gasteiger partial charge < -0.3 is 20.1 Å². The van der Waals surface area contributed by atoms with Crippen molar-refractivity contribution in [2.75, 3.05) is 31.7 Å². The van der Waals surface area contributed by atoms with E-state index in [1.54, 1.807) is 35.2 Å². The fraction of sp³-hybridized carbons (Fsp3) is 0.379. The number of fused-ring (bicyclic) bond motifs is 1. The fourth-order valence-corrected chi connectivity index (χ4v) is 5.37. The quantitative estimate of drug-likeness (QED) is 0.314. The number of piperidine rings is 1. The van der Waals surface area contributed by atoms with Gasteiger partial charge in [-0.3, -0.25) is 4.98 Å². The van der Waals surface area contributed by atoms with Crippen LogP contribution in [0.3, 0.4) is 0 Å². The summed E-state index contributed by atoms with van der Waals surface area (Å²) in [7, 11) is 1.47. The molecule has 1 aromatic carbocycles. The summed E-state index contributed by atoms with van der Waals surface area (Å²) in [6.45, 7) is 3.88. The Morgan fingerprint density at radius 3 is 2.67 bits per heavy atom. The Morgan fingerprint density at radius 2 is 1.95 bits per heavy atom. The normalized spacial score (nSPS) is 19.2. The van der Waals surface area contributed by atoms with Crippen LogP contribution >= 0.6 is 0 Å². The third-order valence-electron chi connectivity index (χ3n) is 7.14. The number of halogens is 2. The molecule has 0 unspecified atom stereocenters. The Bertz CT molecular complexity index is 1500. The van der Waals surface area contributed by atoms with E-state index in [9.17, 15) is 8.78 Å². The number of rotatable bonds is 9. The van der Waals surface area contributed by atoms with Gasteiger partial charge in [-0.25, -0.2) is 18.3 Å². The molecule has 0 aliphatic carbocycles. The van der Waals surface area contributed by atoms with Gasteiger partial charge in [0.25, 0.3) is 0 Å². The summed E-state index contributed by atoms with van der Waals surface area (Å²) in [4.78, 5) is 11.1. The maximum absolute atomic E-state index is 14.9. The van der Waals surface area contributed by atoms with Gasteiger partial charge in [-0.05, 0) is 35.9 Å². The molecule has 1 aliphatic heterocycles. The second-order valence-corrected chi connectivity index (χ2v) is 10.1. The van der Waals surface area contributed by atoms with Gasteiger partial charge in [-0.1, -0.05) is 6.92 Å². The first-order valence-electron chi connectivity index (χ1n) is 13.1. The minimum Gasteiger partial charge on any atom is -0.380 e. The molecule has 4 aromatic rings. The van der Waals surface area contributed by atoms with Gasteiger partial charge in [0.1, 0.15) is 17.5 Å². The number of hydrogen-bond donors (Lipinski definition) is 1. The molecule has 1 fully saturated rings. The molecular formula is C29H31F2N7O2. The third-order valence-corrected chi connectivity index (χ3v) is 7.14. The number of methoxy groups -OCH3 is 1. The SMILES string of the molecule is COCc1cc(F)c(-c2ccc3cnc(Cc4cnccc4N4C[C@@H](N)[C@@H](OCCC#N)[C@@H](C)C4)n3n2)c(F)c1. The van der Waals surface area contributed by atoms with Crippen LogP contribution in [0, 0.1) is 28.9 Å². The molecule has 3 aromatic heterocycles. The predicted molar refractivity (Wildman–Crippen MR) is 145 cm³/mol. The number of imidazole rings is 1. The standard InChI is InChI=1S/C29H31F2N7O2/c1-18-15-37(16-24(33)29(18)40-9-3-7-32)26-6-8-34-13-20(26)12-27-35-14-21-4-5-25(36-38(21)27)28-22(30)10-19(17-39-2)11-23(28)31/h4-6,8,10-11,13-14,18,24,29H,3,9,12,15-17,33H2,1-2H3/t18-,24+,29-/m0/s1. The van der Waals surface area contributed by atoms with E-state index in [0.29, 0.717) is 42.9 Å². The van der Waals surface area contributed by atoms with Crippen LogP contribution in [-0.2, 0) is 22.5 Å². The van der Waals surface area contributed by atoms with Crippen molar-refractivity contribution in [1.82, 2.24) is 19.6 Å². The Morgan fingerprint density at radius 1 is 1.15 bits per heavy atom. The van der Waals surface area contributed by atoms with E-state index in [0.717, 1.165) is 17.8 Å². The Hall–Kier alpha value is -3.98. The highest BCUT2D eigenvalue weighted by atomic mass is 19.1. The Kier molecular flexibility index (Phi) is 8.30. The molecule has 40 heavy (non-hydrogen) atoms. The molecule has 5 rings (SSSR count). The second kappa shape index (κ2) is 12.0. The largest absolute Gasteiger partial charge is 0.380 e. The van der Waals surface area contributed by atoms with E-state index in [-0.39, 0.29) is 35.9 Å². The van der Waals surface area contributed by atoms with Crippen molar-refractivity contribution in [2.24, 2.45) is 11.7 Å². The van der Waals surface area contributed by atoms with Gasteiger partial charge in [-0.15, -0.1) is 0 Å². The first kappa shape index (κ1) is 27.6. The first-order chi connectivity index (χ1) is 19.4. The van der Waals surface area contributed by atoms with Crippen LogP contribution in [0.15, 0.2) is 48.9 Å². The number of aromatic nitrogens is 4. The average molecular weight is 548 g/mol. The lowest BCUT2D eigenvalue weighted by Gasteiger charge is -2.42. The molecular weight excluding hydrogens is 516 g/mol. The molecule has 2 N–H and O–H groups in total. The molecule has 0 amide bonds. The molecule has 1 aliphatic rings. The van der Waals surface area contributed by atoms with Crippen molar-refractivity contribution < 1.29 is 18.3 Å². The first-order valence-corrected chi connectivity index (χ1v) is 13.1. The molecule has 208 valence electrons. The van der Waals surface area contributed by atoms with E-state index in [2.05, 4.69) is 33.0 Å². The lowest BCUT2D eigenvalue weighted by atomic mass is 9.91. The summed E-state index contributed by atoms with van der Waals surface area (Å²) >= 11 is 0. The van der Waals surface area contributed by atoms with Crippen molar-refractivity contribution in [2.45, 2.75) is 38.5 Å². The number of nitriles is 1. The minimum absolute atomic E-state index is 0.106.